The lowest BCUT2D eigenvalue weighted by atomic mass is 9.90. The summed E-state index contributed by atoms with van der Waals surface area (Å²) in [7, 11) is 0. The summed E-state index contributed by atoms with van der Waals surface area (Å²) in [5.74, 6) is 1.95. The number of amides is 2. The predicted molar refractivity (Wildman–Crippen MR) is 112 cm³/mol. The van der Waals surface area contributed by atoms with E-state index >= 15 is 0 Å². The van der Waals surface area contributed by atoms with Gasteiger partial charge in [0.2, 0.25) is 11.8 Å². The highest BCUT2D eigenvalue weighted by Crippen LogP contribution is 2.34. The number of nitrogens with zero attached hydrogens (tertiary/aromatic N) is 3. The third kappa shape index (κ3) is 4.47. The Kier molecular flexibility index (Phi) is 5.89. The number of aromatic nitrogens is 1. The van der Waals surface area contributed by atoms with Crippen LogP contribution in [0, 0.1) is 12.8 Å². The van der Waals surface area contributed by atoms with Crippen molar-refractivity contribution in [1.29, 1.82) is 0 Å². The van der Waals surface area contributed by atoms with Gasteiger partial charge in [-0.3, -0.25) is 9.59 Å². The van der Waals surface area contributed by atoms with E-state index in [4.69, 9.17) is 9.40 Å². The molecule has 0 bridgehead atoms. The minimum Gasteiger partial charge on any atom is -0.465 e. The maximum atomic E-state index is 12.6. The zero-order valence-electron chi connectivity index (χ0n) is 17.1. The lowest BCUT2D eigenvalue weighted by Gasteiger charge is -2.34. The summed E-state index contributed by atoms with van der Waals surface area (Å²) >= 11 is 1.71. The van der Waals surface area contributed by atoms with Crippen LogP contribution in [0.4, 0.5) is 5.13 Å². The van der Waals surface area contributed by atoms with Crippen molar-refractivity contribution in [2.24, 2.45) is 5.92 Å². The van der Waals surface area contributed by atoms with Crippen molar-refractivity contribution in [3.05, 3.63) is 34.2 Å². The van der Waals surface area contributed by atoms with Gasteiger partial charge in [-0.1, -0.05) is 6.92 Å². The molecule has 1 fully saturated rings. The van der Waals surface area contributed by atoms with E-state index in [-0.39, 0.29) is 17.7 Å². The second kappa shape index (κ2) is 8.57. The average molecular weight is 417 g/mol. The number of thiazole rings is 1. The smallest absolute Gasteiger partial charge is 0.223 e. The number of carbonyl (C=O) groups is 2. The van der Waals surface area contributed by atoms with Crippen LogP contribution >= 0.6 is 11.3 Å². The first-order valence-electron chi connectivity index (χ1n) is 10.4. The maximum Gasteiger partial charge on any atom is 0.223 e. The zero-order valence-corrected chi connectivity index (χ0v) is 17.9. The molecule has 2 aromatic rings. The lowest BCUT2D eigenvalue weighted by molar-refractivity contribution is -0.131. The number of aryl methyl sites for hydroxylation is 2. The topological polar surface area (TPSA) is 78.7 Å². The van der Waals surface area contributed by atoms with E-state index in [9.17, 15) is 9.59 Å². The number of hydrogen-bond donors (Lipinski definition) is 1. The van der Waals surface area contributed by atoms with Crippen LogP contribution < -0.4 is 10.2 Å². The van der Waals surface area contributed by atoms with Crippen molar-refractivity contribution < 1.29 is 14.0 Å². The molecule has 2 aliphatic rings. The molecule has 0 aromatic carbocycles. The lowest BCUT2D eigenvalue weighted by Crippen LogP contribution is -2.48. The Morgan fingerprint density at radius 3 is 2.76 bits per heavy atom. The number of piperazine rings is 1. The Labute approximate surface area is 175 Å². The molecule has 1 aliphatic heterocycles. The predicted octanol–water partition coefficient (Wildman–Crippen LogP) is 2.52. The summed E-state index contributed by atoms with van der Waals surface area (Å²) in [6, 6.07) is 3.81. The molecular weight excluding hydrogens is 388 g/mol. The summed E-state index contributed by atoms with van der Waals surface area (Å²) in [6.45, 7) is 7.41. The van der Waals surface area contributed by atoms with Crippen LogP contribution in [0.3, 0.4) is 0 Å². The van der Waals surface area contributed by atoms with Crippen molar-refractivity contribution in [1.82, 2.24) is 15.2 Å². The Morgan fingerprint density at radius 2 is 2.07 bits per heavy atom. The summed E-state index contributed by atoms with van der Waals surface area (Å²) in [5, 5.41) is 4.04. The van der Waals surface area contributed by atoms with E-state index in [1.807, 2.05) is 30.9 Å². The molecule has 0 radical (unpaired) electrons. The van der Waals surface area contributed by atoms with Gasteiger partial charge in [0.15, 0.2) is 5.13 Å². The molecule has 156 valence electrons. The number of hydrogen-bond acceptors (Lipinski definition) is 6. The van der Waals surface area contributed by atoms with Gasteiger partial charge in [-0.15, -0.1) is 11.3 Å². The molecule has 4 rings (SSSR count). The van der Waals surface area contributed by atoms with Gasteiger partial charge in [0.1, 0.15) is 11.5 Å². The molecular formula is C21H28N4O3S. The fraction of sp³-hybridized carbons (Fsp3) is 0.571. The minimum absolute atomic E-state index is 0.00844. The van der Waals surface area contributed by atoms with E-state index in [1.165, 1.54) is 4.88 Å². The second-order valence-corrected chi connectivity index (χ2v) is 8.82. The van der Waals surface area contributed by atoms with Crippen LogP contribution in [-0.4, -0.2) is 47.9 Å². The van der Waals surface area contributed by atoms with Crippen molar-refractivity contribution in [2.45, 2.75) is 46.1 Å². The van der Waals surface area contributed by atoms with Crippen molar-refractivity contribution >= 4 is 28.3 Å². The SMILES string of the molecule is CCC(=O)N1CCN(c2nc3c(s2)C[C@H](C(=O)NCc2ccc(C)o2)CC3)CC1. The average Bonchev–Trinajstić information content (AvgIpc) is 3.36. The molecule has 3 heterocycles. The molecule has 29 heavy (non-hydrogen) atoms. The van der Waals surface area contributed by atoms with Crippen molar-refractivity contribution in [3.8, 4) is 0 Å². The number of nitrogens with one attached hydrogen (secondary N) is 1. The summed E-state index contributed by atoms with van der Waals surface area (Å²) in [4.78, 5) is 34.8. The summed E-state index contributed by atoms with van der Waals surface area (Å²) < 4.78 is 5.52. The molecule has 8 heteroatoms. The monoisotopic (exact) mass is 416 g/mol. The Bertz CT molecular complexity index is 882. The van der Waals surface area contributed by atoms with Crippen LogP contribution in [0.25, 0.3) is 0 Å². The standard InChI is InChI=1S/C21H28N4O3S/c1-3-19(26)24-8-10-25(11-9-24)21-23-17-7-5-15(12-18(17)29-21)20(27)22-13-16-6-4-14(2)28-16/h4,6,15H,3,5,7-13H2,1-2H3,(H,22,27)/t15-/m1/s1. The van der Waals surface area contributed by atoms with Crippen LogP contribution in [0.2, 0.25) is 0 Å². The van der Waals surface area contributed by atoms with Gasteiger partial charge in [0.05, 0.1) is 12.2 Å². The van der Waals surface area contributed by atoms with Crippen LogP contribution in [-0.2, 0) is 29.0 Å². The molecule has 1 atom stereocenters. The fourth-order valence-corrected chi connectivity index (χ4v) is 5.23. The van der Waals surface area contributed by atoms with Crippen LogP contribution in [0.5, 0.6) is 0 Å². The minimum atomic E-state index is -0.00844. The molecule has 1 N–H and O–H groups in total. The Hall–Kier alpha value is -2.35. The van der Waals surface area contributed by atoms with Gasteiger partial charge in [-0.2, -0.15) is 0 Å². The largest absolute Gasteiger partial charge is 0.465 e. The van der Waals surface area contributed by atoms with E-state index in [0.29, 0.717) is 13.0 Å². The molecule has 0 unspecified atom stereocenters. The fourth-order valence-electron chi connectivity index (χ4n) is 3.99. The normalized spacial score (nSPS) is 19.2. The van der Waals surface area contributed by atoms with Gasteiger partial charge >= 0.3 is 0 Å². The summed E-state index contributed by atoms with van der Waals surface area (Å²) in [6.07, 6.45) is 2.99. The number of furan rings is 1. The quantitative estimate of drug-likeness (QED) is 0.810. The van der Waals surface area contributed by atoms with Gasteiger partial charge in [0.25, 0.3) is 0 Å². The molecule has 2 aromatic heterocycles. The molecule has 1 saturated heterocycles. The van der Waals surface area contributed by atoms with Gasteiger partial charge in [-0.25, -0.2) is 4.98 Å². The maximum absolute atomic E-state index is 12.6. The van der Waals surface area contributed by atoms with Crippen LogP contribution in [0.15, 0.2) is 16.5 Å². The number of fused-ring (bicyclic) bond motifs is 1. The highest BCUT2D eigenvalue weighted by molar-refractivity contribution is 7.15. The van der Waals surface area contributed by atoms with Crippen LogP contribution in [0.1, 0.15) is 41.9 Å². The number of carbonyl (C=O) groups excluding carboxylic acids is 2. The first-order valence-corrected chi connectivity index (χ1v) is 11.2. The molecule has 1 aliphatic carbocycles. The molecule has 7 nitrogen and oxygen atoms in total. The molecule has 0 spiro atoms. The summed E-state index contributed by atoms with van der Waals surface area (Å²) in [5.41, 5.74) is 1.14. The highest BCUT2D eigenvalue weighted by atomic mass is 32.1. The van der Waals surface area contributed by atoms with Crippen molar-refractivity contribution in [3.63, 3.8) is 0 Å². The molecule has 0 saturated carbocycles. The second-order valence-electron chi connectivity index (χ2n) is 7.76. The third-order valence-corrected chi connectivity index (χ3v) is 6.92. The Morgan fingerprint density at radius 1 is 1.28 bits per heavy atom. The van der Waals surface area contributed by atoms with E-state index in [1.54, 1.807) is 11.3 Å². The number of anilines is 1. The van der Waals surface area contributed by atoms with E-state index in [2.05, 4.69) is 10.2 Å². The van der Waals surface area contributed by atoms with Gasteiger partial charge < -0.3 is 19.5 Å². The van der Waals surface area contributed by atoms with E-state index in [0.717, 1.165) is 67.8 Å². The highest BCUT2D eigenvalue weighted by Gasteiger charge is 2.29. The first kappa shape index (κ1) is 19.9. The van der Waals surface area contributed by atoms with E-state index < -0.39 is 0 Å². The molecule has 2 amide bonds. The number of rotatable bonds is 5. The van der Waals surface area contributed by atoms with Gasteiger partial charge in [-0.05, 0) is 38.3 Å². The third-order valence-electron chi connectivity index (χ3n) is 5.74. The van der Waals surface area contributed by atoms with Gasteiger partial charge in [0, 0.05) is 43.4 Å². The first-order chi connectivity index (χ1) is 14.0. The zero-order chi connectivity index (χ0) is 20.4. The Balaban J connectivity index is 1.33. The van der Waals surface area contributed by atoms with Crippen molar-refractivity contribution in [2.75, 3.05) is 31.1 Å².